The summed E-state index contributed by atoms with van der Waals surface area (Å²) < 4.78 is 15.0. The Hall–Kier alpha value is -3.96. The summed E-state index contributed by atoms with van der Waals surface area (Å²) in [5.41, 5.74) is 5.94. The number of hydrogen-bond acceptors (Lipinski definition) is 7. The van der Waals surface area contributed by atoms with Gasteiger partial charge < -0.3 is 29.6 Å². The van der Waals surface area contributed by atoms with E-state index in [4.69, 9.17) is 14.6 Å². The quantitative estimate of drug-likeness (QED) is 0.0874. The molecule has 1 amide bonds. The Kier molecular flexibility index (Phi) is 12.6. The average molecular weight is 658 g/mol. The second kappa shape index (κ2) is 17.3. The molecule has 0 unspecified atom stereocenters. The number of aryl methyl sites for hydroxylation is 1. The van der Waals surface area contributed by atoms with Gasteiger partial charge in [-0.2, -0.15) is 0 Å². The lowest BCUT2D eigenvalue weighted by atomic mass is 9.97. The topological polar surface area (TPSA) is 123 Å². The summed E-state index contributed by atoms with van der Waals surface area (Å²) in [5, 5.41) is 22.2. The molecule has 0 spiro atoms. The molecule has 0 bridgehead atoms. The molecule has 3 aromatic carbocycles. The van der Waals surface area contributed by atoms with E-state index in [1.54, 1.807) is 18.0 Å². The van der Waals surface area contributed by atoms with Crippen LogP contribution in [0.15, 0.2) is 90.3 Å². The Morgan fingerprint density at radius 3 is 2.36 bits per heavy atom. The zero-order chi connectivity index (χ0) is 33.0. The van der Waals surface area contributed by atoms with Gasteiger partial charge in [-0.25, -0.2) is 4.98 Å². The number of benzene rings is 3. The van der Waals surface area contributed by atoms with Crippen molar-refractivity contribution in [3.63, 3.8) is 0 Å². The van der Waals surface area contributed by atoms with Crippen LogP contribution in [0.3, 0.4) is 0 Å². The normalized spacial score (nSPS) is 17.8. The standard InChI is InChI=1S/C37H43N3O6S/c1-40-21-20-38-37(40)47-25-31-22-33(28-14-12-26(24-41)13-15-28)46-36(45-31)29-18-16-27(17-19-29)32-9-7-6-8-30(32)23-39-34(42)10-4-2-3-5-11-35(43)44/h6-9,12-21,31,33,36,41H,2-5,10-11,22-25H2,1H3,(H,39,42)(H,43,44)/t31-,33+,36+/m1/s1. The van der Waals surface area contributed by atoms with Crippen LogP contribution >= 0.6 is 11.8 Å². The van der Waals surface area contributed by atoms with Gasteiger partial charge in [0.2, 0.25) is 5.91 Å². The first-order valence-electron chi connectivity index (χ1n) is 16.2. The lowest BCUT2D eigenvalue weighted by molar-refractivity contribution is -0.245. The minimum Gasteiger partial charge on any atom is -0.481 e. The van der Waals surface area contributed by atoms with Gasteiger partial charge in [0, 0.05) is 56.6 Å². The minimum absolute atomic E-state index is 0.000102. The van der Waals surface area contributed by atoms with Crippen molar-refractivity contribution < 1.29 is 29.3 Å². The number of aliphatic hydroxyl groups is 1. The highest BCUT2D eigenvalue weighted by atomic mass is 32.2. The number of unbranched alkanes of at least 4 members (excludes halogenated alkanes) is 3. The molecule has 1 aliphatic heterocycles. The lowest BCUT2D eigenvalue weighted by Crippen LogP contribution is -2.31. The molecule has 1 aromatic heterocycles. The molecule has 0 aliphatic carbocycles. The molecule has 2 heterocycles. The molecule has 4 aromatic rings. The molecule has 5 rings (SSSR count). The maximum Gasteiger partial charge on any atom is 0.303 e. The number of ether oxygens (including phenoxy) is 2. The monoisotopic (exact) mass is 657 g/mol. The SMILES string of the molecule is Cn1ccnc1SC[C@H]1C[C@@H](c2ccc(CO)cc2)O[C@@H](c2ccc(-c3ccccc3CNC(=O)CCCCCCC(=O)O)cc2)O1. The zero-order valence-electron chi connectivity index (χ0n) is 26.7. The van der Waals surface area contributed by atoms with Gasteiger partial charge in [0.15, 0.2) is 11.4 Å². The molecule has 10 heteroatoms. The molecule has 0 saturated carbocycles. The molecule has 1 aliphatic rings. The highest BCUT2D eigenvalue weighted by Gasteiger charge is 2.32. The number of nitrogens with zero attached hydrogens (tertiary/aromatic N) is 2. The van der Waals surface area contributed by atoms with Gasteiger partial charge in [-0.1, -0.05) is 97.4 Å². The van der Waals surface area contributed by atoms with E-state index < -0.39 is 12.3 Å². The van der Waals surface area contributed by atoms with Crippen LogP contribution in [0.4, 0.5) is 0 Å². The molecule has 1 saturated heterocycles. The van der Waals surface area contributed by atoms with Crippen LogP contribution in [-0.4, -0.2) is 43.5 Å². The summed E-state index contributed by atoms with van der Waals surface area (Å²) in [5.74, 6) is -0.0454. The number of amides is 1. The number of carbonyl (C=O) groups excluding carboxylic acids is 1. The number of aromatic nitrogens is 2. The van der Waals surface area contributed by atoms with Crippen molar-refractivity contribution in [2.45, 2.75) is 81.8 Å². The van der Waals surface area contributed by atoms with E-state index in [0.717, 1.165) is 63.6 Å². The molecule has 0 radical (unpaired) electrons. The van der Waals surface area contributed by atoms with E-state index in [0.29, 0.717) is 25.8 Å². The third kappa shape index (κ3) is 10.0. The van der Waals surface area contributed by atoms with Crippen molar-refractivity contribution in [1.29, 1.82) is 0 Å². The van der Waals surface area contributed by atoms with Crippen LogP contribution in [0.1, 0.15) is 79.6 Å². The van der Waals surface area contributed by atoms with Gasteiger partial charge in [0.25, 0.3) is 0 Å². The molecule has 47 heavy (non-hydrogen) atoms. The minimum atomic E-state index is -0.776. The fourth-order valence-corrected chi connectivity index (χ4v) is 6.60. The van der Waals surface area contributed by atoms with Crippen LogP contribution in [0.5, 0.6) is 0 Å². The molecule has 3 N–H and O–H groups in total. The van der Waals surface area contributed by atoms with E-state index in [2.05, 4.69) is 28.5 Å². The number of thioether (sulfide) groups is 1. The third-order valence-corrected chi connectivity index (χ3v) is 9.51. The van der Waals surface area contributed by atoms with E-state index in [1.165, 1.54) is 0 Å². The second-order valence-corrected chi connectivity index (χ2v) is 12.8. The Labute approximate surface area is 280 Å². The Morgan fingerprint density at radius 2 is 1.66 bits per heavy atom. The number of hydrogen-bond donors (Lipinski definition) is 3. The predicted molar refractivity (Wildman–Crippen MR) is 181 cm³/mol. The molecule has 9 nitrogen and oxygen atoms in total. The van der Waals surface area contributed by atoms with Crippen molar-refractivity contribution >= 4 is 23.6 Å². The molecule has 1 fully saturated rings. The maximum absolute atomic E-state index is 12.5. The zero-order valence-corrected chi connectivity index (χ0v) is 27.5. The predicted octanol–water partition coefficient (Wildman–Crippen LogP) is 6.96. The van der Waals surface area contributed by atoms with Gasteiger partial charge in [-0.15, -0.1) is 0 Å². The summed E-state index contributed by atoms with van der Waals surface area (Å²) >= 11 is 1.67. The molecular weight excluding hydrogens is 614 g/mol. The highest BCUT2D eigenvalue weighted by molar-refractivity contribution is 7.99. The van der Waals surface area contributed by atoms with Gasteiger partial charge in [0.1, 0.15) is 0 Å². The number of rotatable bonds is 16. The van der Waals surface area contributed by atoms with E-state index in [9.17, 15) is 14.7 Å². The highest BCUT2D eigenvalue weighted by Crippen LogP contribution is 2.40. The molecule has 248 valence electrons. The first-order chi connectivity index (χ1) is 22.9. The number of aliphatic hydroxyl groups excluding tert-OH is 1. The van der Waals surface area contributed by atoms with Gasteiger partial charge in [-0.3, -0.25) is 9.59 Å². The van der Waals surface area contributed by atoms with Gasteiger partial charge in [-0.05, 0) is 40.7 Å². The number of imidazole rings is 1. The first-order valence-corrected chi connectivity index (χ1v) is 17.2. The molecular formula is C37H43N3O6S. The van der Waals surface area contributed by atoms with Crippen LogP contribution in [0.2, 0.25) is 0 Å². The third-order valence-electron chi connectivity index (χ3n) is 8.32. The first kappa shape index (κ1) is 34.4. The number of carboxylic acids is 1. The summed E-state index contributed by atoms with van der Waals surface area (Å²) in [6, 6.07) is 24.2. The largest absolute Gasteiger partial charge is 0.481 e. The van der Waals surface area contributed by atoms with E-state index in [-0.39, 0.29) is 31.1 Å². The van der Waals surface area contributed by atoms with Gasteiger partial charge >= 0.3 is 5.97 Å². The Morgan fingerprint density at radius 1 is 0.936 bits per heavy atom. The second-order valence-electron chi connectivity index (χ2n) is 11.8. The van der Waals surface area contributed by atoms with Crippen molar-refractivity contribution in [3.8, 4) is 11.1 Å². The van der Waals surface area contributed by atoms with Crippen LogP contribution in [-0.2, 0) is 39.3 Å². The smallest absolute Gasteiger partial charge is 0.303 e. The van der Waals surface area contributed by atoms with E-state index in [1.807, 2.05) is 72.4 Å². The van der Waals surface area contributed by atoms with Crippen LogP contribution in [0, 0.1) is 0 Å². The summed E-state index contributed by atoms with van der Waals surface area (Å²) in [6.45, 7) is 0.427. The van der Waals surface area contributed by atoms with Crippen molar-refractivity contribution in [1.82, 2.24) is 14.9 Å². The lowest BCUT2D eigenvalue weighted by Gasteiger charge is -2.36. The summed E-state index contributed by atoms with van der Waals surface area (Å²) in [7, 11) is 1.98. The fraction of sp³-hybridized carbons (Fsp3) is 0.378. The number of aliphatic carboxylic acids is 1. The Balaban J connectivity index is 1.23. The summed E-state index contributed by atoms with van der Waals surface area (Å²) in [6.07, 6.45) is 7.32. The number of carbonyl (C=O) groups is 2. The van der Waals surface area contributed by atoms with Crippen molar-refractivity contribution in [2.24, 2.45) is 7.05 Å². The van der Waals surface area contributed by atoms with Crippen molar-refractivity contribution in [3.05, 3.63) is 107 Å². The van der Waals surface area contributed by atoms with Gasteiger partial charge in [0.05, 0.1) is 18.8 Å². The van der Waals surface area contributed by atoms with E-state index >= 15 is 0 Å². The fourth-order valence-electron chi connectivity index (χ4n) is 5.65. The molecule has 3 atom stereocenters. The van der Waals surface area contributed by atoms with Crippen molar-refractivity contribution in [2.75, 3.05) is 5.75 Å². The number of nitrogens with one attached hydrogen (secondary N) is 1. The van der Waals surface area contributed by atoms with Crippen LogP contribution in [0.25, 0.3) is 11.1 Å². The summed E-state index contributed by atoms with van der Waals surface area (Å²) in [4.78, 5) is 27.6. The Bertz CT molecular complexity index is 1590. The number of carboxylic acid groups (broad SMARTS) is 1. The van der Waals surface area contributed by atoms with Crippen LogP contribution < -0.4 is 5.32 Å². The average Bonchev–Trinajstić information content (AvgIpc) is 3.52. The maximum atomic E-state index is 12.5.